The Labute approximate surface area is 101 Å². The van der Waals surface area contributed by atoms with Gasteiger partial charge in [0, 0.05) is 18.7 Å². The molecule has 0 atom stereocenters. The third kappa shape index (κ3) is 2.84. The van der Waals surface area contributed by atoms with Crippen molar-refractivity contribution < 1.29 is 9.18 Å². The maximum atomic E-state index is 12.8. The highest BCUT2D eigenvalue weighted by Crippen LogP contribution is 2.27. The van der Waals surface area contributed by atoms with Gasteiger partial charge in [-0.2, -0.15) is 0 Å². The van der Waals surface area contributed by atoms with Gasteiger partial charge in [-0.05, 0) is 49.9 Å². The lowest BCUT2D eigenvalue weighted by atomic mass is 9.85. The van der Waals surface area contributed by atoms with Crippen LogP contribution in [0, 0.1) is 11.7 Å². The number of carbonyl (C=O) groups is 1. The number of halogens is 1. The van der Waals surface area contributed by atoms with E-state index < -0.39 is 0 Å². The first-order valence-electron chi connectivity index (χ1n) is 6.25. The summed E-state index contributed by atoms with van der Waals surface area (Å²) in [7, 11) is 0. The maximum Gasteiger partial charge on any atom is 0.253 e. The van der Waals surface area contributed by atoms with Crippen molar-refractivity contribution in [3.05, 3.63) is 35.6 Å². The second-order valence-electron chi connectivity index (χ2n) is 4.65. The molecule has 3 heteroatoms. The molecule has 0 aromatic heterocycles. The van der Waals surface area contributed by atoms with Gasteiger partial charge in [0.15, 0.2) is 0 Å². The van der Waals surface area contributed by atoms with E-state index >= 15 is 0 Å². The Morgan fingerprint density at radius 3 is 2.47 bits per heavy atom. The lowest BCUT2D eigenvalue weighted by Crippen LogP contribution is -2.37. The largest absolute Gasteiger partial charge is 0.339 e. The number of hydrogen-bond donors (Lipinski definition) is 0. The molecule has 2 nitrogen and oxygen atoms in total. The number of nitrogens with zero attached hydrogens (tertiary/aromatic N) is 1. The van der Waals surface area contributed by atoms with Gasteiger partial charge < -0.3 is 4.90 Å². The SMILES string of the molecule is CCN(CC1CCC1)C(=O)c1ccc(F)cc1. The minimum absolute atomic E-state index is 0.0133. The Kier molecular flexibility index (Phi) is 3.77. The summed E-state index contributed by atoms with van der Waals surface area (Å²) in [5, 5.41) is 0. The minimum atomic E-state index is -0.302. The van der Waals surface area contributed by atoms with E-state index in [0.29, 0.717) is 18.0 Å². The lowest BCUT2D eigenvalue weighted by molar-refractivity contribution is 0.0706. The van der Waals surface area contributed by atoms with Crippen LogP contribution in [0.3, 0.4) is 0 Å². The van der Waals surface area contributed by atoms with Crippen LogP contribution in [0.4, 0.5) is 4.39 Å². The van der Waals surface area contributed by atoms with Gasteiger partial charge >= 0.3 is 0 Å². The summed E-state index contributed by atoms with van der Waals surface area (Å²) in [5.74, 6) is 0.377. The molecule has 1 fully saturated rings. The van der Waals surface area contributed by atoms with Crippen molar-refractivity contribution in [1.82, 2.24) is 4.90 Å². The molecular formula is C14H18FNO. The first-order chi connectivity index (χ1) is 8.20. The van der Waals surface area contributed by atoms with Crippen LogP contribution in [-0.2, 0) is 0 Å². The summed E-state index contributed by atoms with van der Waals surface area (Å²) in [6.45, 7) is 3.54. The third-order valence-electron chi connectivity index (χ3n) is 3.46. The molecule has 2 rings (SSSR count). The van der Waals surface area contributed by atoms with Crippen LogP contribution in [0.25, 0.3) is 0 Å². The summed E-state index contributed by atoms with van der Waals surface area (Å²) in [6.07, 6.45) is 3.74. The Morgan fingerprint density at radius 1 is 1.35 bits per heavy atom. The van der Waals surface area contributed by atoms with Crippen LogP contribution in [0.2, 0.25) is 0 Å². The smallest absolute Gasteiger partial charge is 0.253 e. The molecule has 1 saturated carbocycles. The molecule has 92 valence electrons. The van der Waals surface area contributed by atoms with E-state index in [0.717, 1.165) is 6.54 Å². The van der Waals surface area contributed by atoms with Crippen LogP contribution < -0.4 is 0 Å². The van der Waals surface area contributed by atoms with Crippen LogP contribution in [-0.4, -0.2) is 23.9 Å². The molecule has 0 aliphatic heterocycles. The first-order valence-corrected chi connectivity index (χ1v) is 6.25. The summed E-state index contributed by atoms with van der Waals surface area (Å²) >= 11 is 0. The molecule has 1 aromatic carbocycles. The van der Waals surface area contributed by atoms with Gasteiger partial charge in [-0.3, -0.25) is 4.79 Å². The van der Waals surface area contributed by atoms with Gasteiger partial charge in [0.25, 0.3) is 5.91 Å². The Balaban J connectivity index is 2.02. The van der Waals surface area contributed by atoms with Crippen molar-refractivity contribution in [2.24, 2.45) is 5.92 Å². The quantitative estimate of drug-likeness (QED) is 0.785. The fourth-order valence-electron chi connectivity index (χ4n) is 2.12. The van der Waals surface area contributed by atoms with E-state index in [1.165, 1.54) is 31.4 Å². The molecular weight excluding hydrogens is 217 g/mol. The molecule has 0 spiro atoms. The van der Waals surface area contributed by atoms with Gasteiger partial charge in [-0.25, -0.2) is 4.39 Å². The molecule has 0 unspecified atom stereocenters. The van der Waals surface area contributed by atoms with Gasteiger partial charge in [-0.15, -0.1) is 0 Å². The molecule has 17 heavy (non-hydrogen) atoms. The van der Waals surface area contributed by atoms with Crippen LogP contribution in [0.1, 0.15) is 36.5 Å². The van der Waals surface area contributed by atoms with Crippen molar-refractivity contribution in [1.29, 1.82) is 0 Å². The van der Waals surface area contributed by atoms with Gasteiger partial charge in [-0.1, -0.05) is 6.42 Å². The number of hydrogen-bond acceptors (Lipinski definition) is 1. The molecule has 0 radical (unpaired) electrons. The van der Waals surface area contributed by atoms with Gasteiger partial charge in [0.2, 0.25) is 0 Å². The first kappa shape index (κ1) is 12.1. The van der Waals surface area contributed by atoms with Crippen molar-refractivity contribution in [2.75, 3.05) is 13.1 Å². The second kappa shape index (κ2) is 5.30. The van der Waals surface area contributed by atoms with Crippen LogP contribution >= 0.6 is 0 Å². The predicted molar refractivity (Wildman–Crippen MR) is 65.3 cm³/mol. The summed E-state index contributed by atoms with van der Waals surface area (Å²) < 4.78 is 12.8. The third-order valence-corrected chi connectivity index (χ3v) is 3.46. The fraction of sp³-hybridized carbons (Fsp3) is 0.500. The maximum absolute atomic E-state index is 12.8. The van der Waals surface area contributed by atoms with E-state index in [1.54, 1.807) is 12.1 Å². The van der Waals surface area contributed by atoms with E-state index in [9.17, 15) is 9.18 Å². The molecule has 1 aromatic rings. The number of carbonyl (C=O) groups excluding carboxylic acids is 1. The van der Waals surface area contributed by atoms with Crippen molar-refractivity contribution >= 4 is 5.91 Å². The zero-order valence-electron chi connectivity index (χ0n) is 10.2. The zero-order chi connectivity index (χ0) is 12.3. The predicted octanol–water partition coefficient (Wildman–Crippen LogP) is 3.09. The van der Waals surface area contributed by atoms with E-state index in [2.05, 4.69) is 0 Å². The Bertz CT molecular complexity index is 384. The van der Waals surface area contributed by atoms with Crippen molar-refractivity contribution in [3.8, 4) is 0 Å². The Morgan fingerprint density at radius 2 is 2.00 bits per heavy atom. The standard InChI is InChI=1S/C14H18FNO/c1-2-16(10-11-4-3-5-11)14(17)12-6-8-13(15)9-7-12/h6-9,11H,2-5,10H2,1H3. The Hall–Kier alpha value is -1.38. The molecule has 1 aliphatic carbocycles. The molecule has 0 N–H and O–H groups in total. The average molecular weight is 235 g/mol. The molecule has 0 heterocycles. The number of rotatable bonds is 4. The number of benzene rings is 1. The summed E-state index contributed by atoms with van der Waals surface area (Å²) in [4.78, 5) is 14.0. The molecule has 0 saturated heterocycles. The van der Waals surface area contributed by atoms with Crippen LogP contribution in [0.5, 0.6) is 0 Å². The van der Waals surface area contributed by atoms with E-state index in [1.807, 2.05) is 11.8 Å². The summed E-state index contributed by atoms with van der Waals surface area (Å²) in [6, 6.07) is 5.79. The van der Waals surface area contributed by atoms with Crippen molar-refractivity contribution in [2.45, 2.75) is 26.2 Å². The van der Waals surface area contributed by atoms with Crippen molar-refractivity contribution in [3.63, 3.8) is 0 Å². The lowest BCUT2D eigenvalue weighted by Gasteiger charge is -2.31. The molecule has 1 amide bonds. The second-order valence-corrected chi connectivity index (χ2v) is 4.65. The monoisotopic (exact) mass is 235 g/mol. The number of amides is 1. The van der Waals surface area contributed by atoms with Gasteiger partial charge in [0.1, 0.15) is 5.82 Å². The molecule has 0 bridgehead atoms. The highest BCUT2D eigenvalue weighted by molar-refractivity contribution is 5.94. The normalized spacial score (nSPS) is 15.4. The van der Waals surface area contributed by atoms with Gasteiger partial charge in [0.05, 0.1) is 0 Å². The highest BCUT2D eigenvalue weighted by Gasteiger charge is 2.23. The zero-order valence-corrected chi connectivity index (χ0v) is 10.2. The average Bonchev–Trinajstić information content (AvgIpc) is 2.28. The van der Waals surface area contributed by atoms with E-state index in [-0.39, 0.29) is 11.7 Å². The topological polar surface area (TPSA) is 20.3 Å². The summed E-state index contributed by atoms with van der Waals surface area (Å²) in [5.41, 5.74) is 0.576. The molecule has 1 aliphatic rings. The minimum Gasteiger partial charge on any atom is -0.339 e. The van der Waals surface area contributed by atoms with Crippen LogP contribution in [0.15, 0.2) is 24.3 Å². The highest BCUT2D eigenvalue weighted by atomic mass is 19.1. The fourth-order valence-corrected chi connectivity index (χ4v) is 2.12. The van der Waals surface area contributed by atoms with E-state index in [4.69, 9.17) is 0 Å².